The second-order valence-electron chi connectivity index (χ2n) is 15.4. The Kier molecular flexibility index (Phi) is 38.5. The van der Waals surface area contributed by atoms with Gasteiger partial charge in [-0.15, -0.1) is 0 Å². The highest BCUT2D eigenvalue weighted by molar-refractivity contribution is 5.80. The number of aliphatic hydroxyl groups is 4. The maximum atomic E-state index is 12.5. The minimum atomic E-state index is -1.27. The number of carbonyl (C=O) groups is 1. The molecule has 0 aromatic rings. The summed E-state index contributed by atoms with van der Waals surface area (Å²) < 4.78 is 0. The molecule has 4 atom stereocenters. The Morgan fingerprint density at radius 3 is 1.18 bits per heavy atom. The molecule has 6 heteroatoms. The van der Waals surface area contributed by atoms with Gasteiger partial charge in [-0.05, 0) is 38.5 Å². The zero-order chi connectivity index (χ0) is 36.8. The van der Waals surface area contributed by atoms with Gasteiger partial charge in [-0.1, -0.05) is 206 Å². The quantitative estimate of drug-likeness (QED) is 0.0321. The fraction of sp³-hybridized carbons (Fsp3) is 0.932. The molecule has 0 fully saturated rings. The molecule has 0 saturated carbocycles. The normalized spacial score (nSPS) is 14.3. The molecule has 0 spiro atoms. The molecule has 0 aliphatic heterocycles. The van der Waals surface area contributed by atoms with E-state index in [0.29, 0.717) is 12.8 Å². The maximum Gasteiger partial charge on any atom is 0.249 e. The van der Waals surface area contributed by atoms with E-state index in [1.165, 1.54) is 154 Å². The summed E-state index contributed by atoms with van der Waals surface area (Å²) in [6.07, 6.45) is 42.4. The molecule has 0 radical (unpaired) electrons. The maximum absolute atomic E-state index is 12.5. The Bertz CT molecular complexity index is 717. The Hall–Kier alpha value is -0.950. The SMILES string of the molecule is CCCCCCCCCCCCCCCC=CCCCCCC(O)C(O)C(CO)NC(=O)C(O)CCCCCCCCCCCCCCCC. The van der Waals surface area contributed by atoms with Crippen LogP contribution in [0.3, 0.4) is 0 Å². The summed E-state index contributed by atoms with van der Waals surface area (Å²) in [5.74, 6) is -0.587. The van der Waals surface area contributed by atoms with E-state index in [-0.39, 0.29) is 0 Å². The smallest absolute Gasteiger partial charge is 0.249 e. The topological polar surface area (TPSA) is 110 Å². The third-order valence-corrected chi connectivity index (χ3v) is 10.5. The first-order valence-corrected chi connectivity index (χ1v) is 22.1. The summed E-state index contributed by atoms with van der Waals surface area (Å²) in [5, 5.41) is 43.7. The van der Waals surface area contributed by atoms with Gasteiger partial charge in [0.15, 0.2) is 0 Å². The van der Waals surface area contributed by atoms with E-state index >= 15 is 0 Å². The third kappa shape index (κ3) is 32.9. The zero-order valence-corrected chi connectivity index (χ0v) is 33.4. The molecule has 4 unspecified atom stereocenters. The van der Waals surface area contributed by atoms with Gasteiger partial charge in [0.05, 0.1) is 18.8 Å². The Balaban J connectivity index is 3.74. The fourth-order valence-corrected chi connectivity index (χ4v) is 6.93. The number of unbranched alkanes of at least 4 members (excludes halogenated alkanes) is 29. The molecule has 50 heavy (non-hydrogen) atoms. The van der Waals surface area contributed by atoms with Crippen LogP contribution < -0.4 is 5.32 Å². The monoisotopic (exact) mass is 710 g/mol. The van der Waals surface area contributed by atoms with Gasteiger partial charge in [0.2, 0.25) is 5.91 Å². The second-order valence-corrected chi connectivity index (χ2v) is 15.4. The van der Waals surface area contributed by atoms with Crippen LogP contribution in [0.25, 0.3) is 0 Å². The predicted molar refractivity (Wildman–Crippen MR) is 215 cm³/mol. The van der Waals surface area contributed by atoms with Crippen LogP contribution in [-0.2, 0) is 4.79 Å². The van der Waals surface area contributed by atoms with Gasteiger partial charge < -0.3 is 25.7 Å². The van der Waals surface area contributed by atoms with Crippen LogP contribution in [0.5, 0.6) is 0 Å². The van der Waals surface area contributed by atoms with Crippen molar-refractivity contribution in [2.24, 2.45) is 0 Å². The molecular weight excluding hydrogens is 622 g/mol. The number of aliphatic hydroxyl groups excluding tert-OH is 4. The molecule has 0 heterocycles. The van der Waals surface area contributed by atoms with Gasteiger partial charge in [0, 0.05) is 0 Å². The molecule has 0 aromatic carbocycles. The highest BCUT2D eigenvalue weighted by Crippen LogP contribution is 2.16. The lowest BCUT2D eigenvalue weighted by molar-refractivity contribution is -0.132. The van der Waals surface area contributed by atoms with Crippen LogP contribution in [0.15, 0.2) is 12.2 Å². The minimum absolute atomic E-state index is 0.370. The standard InChI is InChI=1S/C44H87NO5/c1-3-5-7-9-11-13-15-17-19-20-21-22-23-24-26-27-29-31-33-35-37-41(47)43(49)40(39-46)45-44(50)42(48)38-36-34-32-30-28-25-18-16-14-12-10-8-6-4-2/h26-27,40-43,46-49H,3-25,28-39H2,1-2H3,(H,45,50). The molecular formula is C44H87NO5. The van der Waals surface area contributed by atoms with Gasteiger partial charge in [-0.25, -0.2) is 0 Å². The number of hydrogen-bond acceptors (Lipinski definition) is 5. The molecule has 0 saturated heterocycles. The van der Waals surface area contributed by atoms with Crippen LogP contribution in [0.1, 0.15) is 232 Å². The summed E-state index contributed by atoms with van der Waals surface area (Å²) in [7, 11) is 0. The number of amides is 1. The van der Waals surface area contributed by atoms with Crippen molar-refractivity contribution in [1.82, 2.24) is 5.32 Å². The Morgan fingerprint density at radius 1 is 0.480 bits per heavy atom. The average Bonchev–Trinajstić information content (AvgIpc) is 3.12. The van der Waals surface area contributed by atoms with Crippen LogP contribution in [0.4, 0.5) is 0 Å². The summed E-state index contributed by atoms with van der Waals surface area (Å²) in [6, 6.07) is -0.989. The number of rotatable bonds is 40. The van der Waals surface area contributed by atoms with Crippen molar-refractivity contribution in [3.05, 3.63) is 12.2 Å². The van der Waals surface area contributed by atoms with E-state index in [4.69, 9.17) is 0 Å². The number of hydrogen-bond donors (Lipinski definition) is 5. The first kappa shape index (κ1) is 49.0. The lowest BCUT2D eigenvalue weighted by atomic mass is 9.99. The van der Waals surface area contributed by atoms with Crippen LogP contribution in [0, 0.1) is 0 Å². The first-order valence-electron chi connectivity index (χ1n) is 22.1. The molecule has 0 aromatic heterocycles. The van der Waals surface area contributed by atoms with Crippen molar-refractivity contribution in [3.8, 4) is 0 Å². The molecule has 1 amide bonds. The zero-order valence-electron chi connectivity index (χ0n) is 33.4. The number of carbonyl (C=O) groups excluding carboxylic acids is 1. The highest BCUT2D eigenvalue weighted by atomic mass is 16.3. The van der Waals surface area contributed by atoms with E-state index < -0.39 is 36.9 Å². The van der Waals surface area contributed by atoms with Gasteiger partial charge in [0.1, 0.15) is 12.2 Å². The van der Waals surface area contributed by atoms with Crippen LogP contribution in [-0.4, -0.2) is 57.3 Å². The molecule has 5 N–H and O–H groups in total. The summed E-state index contributed by atoms with van der Waals surface area (Å²) in [5.41, 5.74) is 0. The minimum Gasteiger partial charge on any atom is -0.394 e. The summed E-state index contributed by atoms with van der Waals surface area (Å²) in [4.78, 5) is 12.5. The number of allylic oxidation sites excluding steroid dienone is 2. The van der Waals surface area contributed by atoms with Crippen molar-refractivity contribution in [1.29, 1.82) is 0 Å². The number of nitrogens with one attached hydrogen (secondary N) is 1. The van der Waals surface area contributed by atoms with Crippen LogP contribution >= 0.6 is 0 Å². The molecule has 0 aliphatic carbocycles. The van der Waals surface area contributed by atoms with Gasteiger partial charge in [-0.3, -0.25) is 4.79 Å². The molecule has 6 nitrogen and oxygen atoms in total. The summed E-state index contributed by atoms with van der Waals surface area (Å²) >= 11 is 0. The predicted octanol–water partition coefficient (Wildman–Crippen LogP) is 11.4. The fourth-order valence-electron chi connectivity index (χ4n) is 6.93. The van der Waals surface area contributed by atoms with E-state index in [9.17, 15) is 25.2 Å². The second kappa shape index (κ2) is 39.3. The van der Waals surface area contributed by atoms with Crippen molar-refractivity contribution in [2.45, 2.75) is 257 Å². The van der Waals surface area contributed by atoms with Crippen molar-refractivity contribution in [2.75, 3.05) is 6.61 Å². The van der Waals surface area contributed by atoms with Gasteiger partial charge >= 0.3 is 0 Å². The Labute approximate surface area is 311 Å². The average molecular weight is 710 g/mol. The van der Waals surface area contributed by atoms with Crippen LogP contribution in [0.2, 0.25) is 0 Å². The molecule has 0 aliphatic rings. The molecule has 0 bridgehead atoms. The van der Waals surface area contributed by atoms with E-state index in [1.807, 2.05) is 0 Å². The lowest BCUT2D eigenvalue weighted by Crippen LogP contribution is -2.53. The largest absolute Gasteiger partial charge is 0.394 e. The van der Waals surface area contributed by atoms with Crippen molar-refractivity contribution in [3.63, 3.8) is 0 Å². The molecule has 0 rings (SSSR count). The molecule has 298 valence electrons. The van der Waals surface area contributed by atoms with Gasteiger partial charge in [0.25, 0.3) is 0 Å². The van der Waals surface area contributed by atoms with E-state index in [1.54, 1.807) is 0 Å². The van der Waals surface area contributed by atoms with Gasteiger partial charge in [-0.2, -0.15) is 0 Å². The highest BCUT2D eigenvalue weighted by Gasteiger charge is 2.28. The third-order valence-electron chi connectivity index (χ3n) is 10.5. The van der Waals surface area contributed by atoms with Crippen molar-refractivity contribution < 1.29 is 25.2 Å². The van der Waals surface area contributed by atoms with E-state index in [2.05, 4.69) is 31.3 Å². The van der Waals surface area contributed by atoms with E-state index in [0.717, 1.165) is 51.4 Å². The Morgan fingerprint density at radius 2 is 0.800 bits per heavy atom. The lowest BCUT2D eigenvalue weighted by Gasteiger charge is -2.27. The first-order chi connectivity index (χ1) is 24.5. The summed E-state index contributed by atoms with van der Waals surface area (Å²) in [6.45, 7) is 4.05. The van der Waals surface area contributed by atoms with Crippen molar-refractivity contribution >= 4 is 5.91 Å².